The number of aromatic nitrogens is 1. The van der Waals surface area contributed by atoms with Gasteiger partial charge in [-0.3, -0.25) is 4.79 Å². The van der Waals surface area contributed by atoms with Crippen molar-refractivity contribution in [3.63, 3.8) is 0 Å². The van der Waals surface area contributed by atoms with Gasteiger partial charge in [0.05, 0.1) is 7.11 Å². The zero-order valence-corrected chi connectivity index (χ0v) is 12.9. The molecule has 0 aliphatic heterocycles. The Hall–Kier alpha value is -2.69. The molecule has 118 valence electrons. The van der Waals surface area contributed by atoms with E-state index in [0.29, 0.717) is 34.0 Å². The van der Waals surface area contributed by atoms with E-state index in [1.165, 1.54) is 13.2 Å². The van der Waals surface area contributed by atoms with Gasteiger partial charge in [0.1, 0.15) is 11.5 Å². The number of fused-ring (bicyclic) bond motifs is 1. The van der Waals surface area contributed by atoms with Crippen LogP contribution >= 0.6 is 0 Å². The Labute approximate surface area is 132 Å². The first-order chi connectivity index (χ1) is 11.1. The van der Waals surface area contributed by atoms with E-state index in [9.17, 15) is 14.0 Å². The van der Waals surface area contributed by atoms with Crippen molar-refractivity contribution in [2.24, 2.45) is 0 Å². The summed E-state index contributed by atoms with van der Waals surface area (Å²) >= 11 is 0. The fraction of sp³-hybridized carbons (Fsp3) is 0.222. The SMILES string of the molecule is CCc1cc2c(C3=CC=CCC3=O)c(C(=O)OC)[nH]c2cc1F. The number of allylic oxidation sites excluding steroid dienone is 4. The molecule has 1 aliphatic carbocycles. The maximum absolute atomic E-state index is 14.0. The highest BCUT2D eigenvalue weighted by atomic mass is 19.1. The normalized spacial score (nSPS) is 14.2. The second kappa shape index (κ2) is 5.83. The molecular formula is C18H16FNO3. The summed E-state index contributed by atoms with van der Waals surface area (Å²) in [5.41, 5.74) is 2.10. The summed E-state index contributed by atoms with van der Waals surface area (Å²) in [5.74, 6) is -1.01. The smallest absolute Gasteiger partial charge is 0.355 e. The molecule has 0 radical (unpaired) electrons. The Kier molecular flexibility index (Phi) is 3.86. The first-order valence-electron chi connectivity index (χ1n) is 7.39. The van der Waals surface area contributed by atoms with Crippen molar-refractivity contribution in [2.75, 3.05) is 7.11 Å². The topological polar surface area (TPSA) is 59.2 Å². The quantitative estimate of drug-likeness (QED) is 0.881. The maximum Gasteiger partial charge on any atom is 0.355 e. The van der Waals surface area contributed by atoms with Crippen LogP contribution < -0.4 is 0 Å². The van der Waals surface area contributed by atoms with Crippen LogP contribution in [0.2, 0.25) is 0 Å². The van der Waals surface area contributed by atoms with Gasteiger partial charge in [0.25, 0.3) is 0 Å². The standard InChI is InChI=1S/C18H16FNO3/c1-3-10-8-12-14(9-13(10)19)20-17(18(22)23-2)16(12)11-6-4-5-7-15(11)21/h4-6,8-9,20H,3,7H2,1-2H3. The number of rotatable bonds is 3. The summed E-state index contributed by atoms with van der Waals surface area (Å²) in [4.78, 5) is 27.2. The zero-order chi connectivity index (χ0) is 16.6. The number of ether oxygens (including phenoxy) is 1. The molecule has 23 heavy (non-hydrogen) atoms. The molecule has 1 aromatic heterocycles. The number of benzene rings is 1. The van der Waals surface area contributed by atoms with Crippen LogP contribution in [0.5, 0.6) is 0 Å². The van der Waals surface area contributed by atoms with E-state index in [1.54, 1.807) is 24.3 Å². The van der Waals surface area contributed by atoms with Crippen molar-refractivity contribution < 1.29 is 18.7 Å². The minimum absolute atomic E-state index is 0.0825. The fourth-order valence-electron chi connectivity index (χ4n) is 2.83. The Bertz CT molecular complexity index is 874. The first kappa shape index (κ1) is 15.2. The highest BCUT2D eigenvalue weighted by Crippen LogP contribution is 2.33. The number of nitrogens with one attached hydrogen (secondary N) is 1. The molecule has 0 unspecified atom stereocenters. The molecule has 0 atom stereocenters. The second-order valence-corrected chi connectivity index (χ2v) is 5.35. The van der Waals surface area contributed by atoms with Gasteiger partial charge in [-0.25, -0.2) is 9.18 Å². The number of aryl methyl sites for hydroxylation is 1. The van der Waals surface area contributed by atoms with E-state index < -0.39 is 5.97 Å². The Morgan fingerprint density at radius 1 is 1.39 bits per heavy atom. The number of methoxy groups -OCH3 is 1. The van der Waals surface area contributed by atoms with Gasteiger partial charge < -0.3 is 9.72 Å². The fourth-order valence-corrected chi connectivity index (χ4v) is 2.83. The van der Waals surface area contributed by atoms with E-state index in [0.717, 1.165) is 0 Å². The number of Topliss-reactive ketones (excluding diaryl/α,β-unsaturated/α-hetero) is 1. The molecular weight excluding hydrogens is 297 g/mol. The predicted molar refractivity (Wildman–Crippen MR) is 85.7 cm³/mol. The number of hydrogen-bond acceptors (Lipinski definition) is 3. The van der Waals surface area contributed by atoms with Gasteiger partial charge in [0.15, 0.2) is 5.78 Å². The molecule has 1 aromatic carbocycles. The molecule has 4 nitrogen and oxygen atoms in total. The average Bonchev–Trinajstić information content (AvgIpc) is 2.91. The van der Waals surface area contributed by atoms with Gasteiger partial charge in [-0.1, -0.05) is 25.2 Å². The lowest BCUT2D eigenvalue weighted by atomic mass is 9.93. The molecule has 3 rings (SSSR count). The highest BCUT2D eigenvalue weighted by Gasteiger charge is 2.25. The number of esters is 1. The zero-order valence-electron chi connectivity index (χ0n) is 12.9. The van der Waals surface area contributed by atoms with Crippen LogP contribution in [0.3, 0.4) is 0 Å². The van der Waals surface area contributed by atoms with Crippen molar-refractivity contribution in [3.05, 3.63) is 53.0 Å². The molecule has 0 spiro atoms. The van der Waals surface area contributed by atoms with Crippen LogP contribution in [0.15, 0.2) is 30.4 Å². The monoisotopic (exact) mass is 313 g/mol. The van der Waals surface area contributed by atoms with E-state index in [1.807, 2.05) is 6.92 Å². The third kappa shape index (κ3) is 2.48. The number of hydrogen-bond donors (Lipinski definition) is 1. The van der Waals surface area contributed by atoms with Crippen LogP contribution in [-0.2, 0) is 16.0 Å². The molecule has 0 fully saturated rings. The second-order valence-electron chi connectivity index (χ2n) is 5.35. The van der Waals surface area contributed by atoms with E-state index >= 15 is 0 Å². The average molecular weight is 313 g/mol. The van der Waals surface area contributed by atoms with Crippen LogP contribution in [0.4, 0.5) is 4.39 Å². The van der Waals surface area contributed by atoms with Crippen molar-refractivity contribution in [1.29, 1.82) is 0 Å². The van der Waals surface area contributed by atoms with E-state index in [2.05, 4.69) is 4.98 Å². The minimum Gasteiger partial charge on any atom is -0.464 e. The first-order valence-corrected chi connectivity index (χ1v) is 7.39. The molecule has 0 amide bonds. The van der Waals surface area contributed by atoms with Crippen molar-refractivity contribution >= 4 is 28.2 Å². The summed E-state index contributed by atoms with van der Waals surface area (Å²) < 4.78 is 18.8. The van der Waals surface area contributed by atoms with Gasteiger partial charge in [-0.2, -0.15) is 0 Å². The van der Waals surface area contributed by atoms with Crippen LogP contribution in [0.25, 0.3) is 16.5 Å². The lowest BCUT2D eigenvalue weighted by Gasteiger charge is -2.10. The predicted octanol–water partition coefficient (Wildman–Crippen LogP) is 3.57. The van der Waals surface area contributed by atoms with Gasteiger partial charge >= 0.3 is 5.97 Å². The molecule has 2 aromatic rings. The van der Waals surface area contributed by atoms with Crippen molar-refractivity contribution in [1.82, 2.24) is 4.98 Å². The molecule has 1 N–H and O–H groups in total. The molecule has 0 saturated carbocycles. The van der Waals surface area contributed by atoms with Crippen LogP contribution in [-0.4, -0.2) is 23.8 Å². The number of aromatic amines is 1. The summed E-state index contributed by atoms with van der Waals surface area (Å²) in [6.45, 7) is 1.85. The van der Waals surface area contributed by atoms with Crippen LogP contribution in [0, 0.1) is 5.82 Å². The number of carbonyl (C=O) groups excluding carboxylic acids is 2. The number of carbonyl (C=O) groups is 2. The molecule has 0 saturated heterocycles. The minimum atomic E-state index is -0.585. The summed E-state index contributed by atoms with van der Waals surface area (Å²) in [6.07, 6.45) is 6.01. The Morgan fingerprint density at radius 2 is 2.17 bits per heavy atom. The van der Waals surface area contributed by atoms with Gasteiger partial charge in [-0.15, -0.1) is 0 Å². The van der Waals surface area contributed by atoms with E-state index in [4.69, 9.17) is 4.74 Å². The number of ketones is 1. The Balaban J connectivity index is 2.35. The lowest BCUT2D eigenvalue weighted by Crippen LogP contribution is -2.09. The molecule has 1 aliphatic rings. The third-order valence-electron chi connectivity index (χ3n) is 4.01. The van der Waals surface area contributed by atoms with Gasteiger partial charge in [0.2, 0.25) is 0 Å². The van der Waals surface area contributed by atoms with Crippen molar-refractivity contribution in [2.45, 2.75) is 19.8 Å². The van der Waals surface area contributed by atoms with Crippen molar-refractivity contribution in [3.8, 4) is 0 Å². The third-order valence-corrected chi connectivity index (χ3v) is 4.01. The van der Waals surface area contributed by atoms with E-state index in [-0.39, 0.29) is 23.7 Å². The van der Waals surface area contributed by atoms with Gasteiger partial charge in [0, 0.05) is 28.5 Å². The lowest BCUT2D eigenvalue weighted by molar-refractivity contribution is -0.113. The highest BCUT2D eigenvalue weighted by molar-refractivity contribution is 6.27. The molecule has 1 heterocycles. The summed E-state index contributed by atoms with van der Waals surface area (Å²) in [5, 5.41) is 0.651. The largest absolute Gasteiger partial charge is 0.464 e. The molecule has 5 heteroatoms. The Morgan fingerprint density at radius 3 is 2.83 bits per heavy atom. The number of halogens is 1. The maximum atomic E-state index is 14.0. The number of H-pyrrole nitrogens is 1. The summed E-state index contributed by atoms with van der Waals surface area (Å²) in [6, 6.07) is 3.04. The van der Waals surface area contributed by atoms with Gasteiger partial charge in [-0.05, 0) is 24.1 Å². The summed E-state index contributed by atoms with van der Waals surface area (Å²) in [7, 11) is 1.27. The molecule has 0 bridgehead atoms. The van der Waals surface area contributed by atoms with Crippen LogP contribution in [0.1, 0.15) is 35.0 Å².